The van der Waals surface area contributed by atoms with Gasteiger partial charge in [0.15, 0.2) is 0 Å². The molecular formula is C28H29F2N5O2. The molecule has 2 atom stereocenters. The molecular weight excluding hydrogens is 476 g/mol. The highest BCUT2D eigenvalue weighted by Crippen LogP contribution is 2.38. The maximum absolute atomic E-state index is 13.3. The van der Waals surface area contributed by atoms with Gasteiger partial charge >= 0.3 is 0 Å². The first-order valence-corrected chi connectivity index (χ1v) is 12.4. The highest BCUT2D eigenvalue weighted by atomic mass is 19.3. The predicted molar refractivity (Wildman–Crippen MR) is 137 cm³/mol. The zero-order valence-corrected chi connectivity index (χ0v) is 20.7. The van der Waals surface area contributed by atoms with E-state index < -0.39 is 24.1 Å². The quantitative estimate of drug-likeness (QED) is 0.347. The fourth-order valence-corrected chi connectivity index (χ4v) is 5.01. The maximum atomic E-state index is 13.3. The molecule has 2 aromatic carbocycles. The average molecular weight is 506 g/mol. The summed E-state index contributed by atoms with van der Waals surface area (Å²) in [5.41, 5.74) is 3.90. The summed E-state index contributed by atoms with van der Waals surface area (Å²) < 4.78 is 29.9. The average Bonchev–Trinajstić information content (AvgIpc) is 3.51. The molecule has 37 heavy (non-hydrogen) atoms. The van der Waals surface area contributed by atoms with Gasteiger partial charge in [-0.3, -0.25) is 9.48 Å². The van der Waals surface area contributed by atoms with Crippen molar-refractivity contribution >= 4 is 11.6 Å². The number of alkyl halides is 2. The number of aliphatic hydroxyl groups is 1. The zero-order chi connectivity index (χ0) is 26.1. The van der Waals surface area contributed by atoms with E-state index in [2.05, 4.69) is 15.4 Å². The van der Waals surface area contributed by atoms with Crippen LogP contribution in [0.1, 0.15) is 72.6 Å². The van der Waals surface area contributed by atoms with Crippen LogP contribution in [0.5, 0.6) is 0 Å². The highest BCUT2D eigenvalue weighted by Gasteiger charge is 2.30. The van der Waals surface area contributed by atoms with Gasteiger partial charge in [-0.05, 0) is 68.0 Å². The zero-order valence-electron chi connectivity index (χ0n) is 20.7. The number of imidazole rings is 1. The number of amides is 1. The van der Waals surface area contributed by atoms with Crippen molar-refractivity contribution < 1.29 is 18.7 Å². The number of benzene rings is 2. The number of rotatable bonds is 6. The fraction of sp³-hybridized carbons (Fsp3) is 0.321. The molecule has 1 aliphatic heterocycles. The number of halogens is 2. The largest absolute Gasteiger partial charge is 0.391 e. The molecule has 4 aromatic rings. The normalized spacial score (nSPS) is 17.6. The lowest BCUT2D eigenvalue weighted by Gasteiger charge is -2.27. The molecule has 0 unspecified atom stereocenters. The summed E-state index contributed by atoms with van der Waals surface area (Å²) in [6.07, 6.45) is 2.58. The number of anilines is 1. The Kier molecular flexibility index (Phi) is 6.88. The van der Waals surface area contributed by atoms with Crippen LogP contribution in [-0.2, 0) is 6.42 Å². The summed E-state index contributed by atoms with van der Waals surface area (Å²) in [5.74, 6) is -0.522. The molecule has 5 rings (SSSR count). The van der Waals surface area contributed by atoms with Gasteiger partial charge in [0.1, 0.15) is 11.4 Å². The summed E-state index contributed by atoms with van der Waals surface area (Å²) in [6.45, 7) is 3.56. The molecule has 1 amide bonds. The molecule has 0 radical (unpaired) electrons. The summed E-state index contributed by atoms with van der Waals surface area (Å²) in [5, 5.41) is 17.9. The Labute approximate surface area is 213 Å². The van der Waals surface area contributed by atoms with Gasteiger partial charge in [0.05, 0.1) is 18.5 Å². The Hall–Kier alpha value is -3.85. The molecule has 0 bridgehead atoms. The van der Waals surface area contributed by atoms with E-state index in [1.807, 2.05) is 53.2 Å². The smallest absolute Gasteiger partial charge is 0.282 e. The van der Waals surface area contributed by atoms with Crippen molar-refractivity contribution in [3.05, 3.63) is 89.8 Å². The monoisotopic (exact) mass is 505 g/mol. The van der Waals surface area contributed by atoms with E-state index in [-0.39, 0.29) is 17.8 Å². The Bertz CT molecular complexity index is 1400. The van der Waals surface area contributed by atoms with Crippen molar-refractivity contribution in [2.24, 2.45) is 0 Å². The highest BCUT2D eigenvalue weighted by molar-refractivity contribution is 6.03. The van der Waals surface area contributed by atoms with Crippen molar-refractivity contribution in [1.82, 2.24) is 19.3 Å². The van der Waals surface area contributed by atoms with Gasteiger partial charge in [-0.1, -0.05) is 36.4 Å². The van der Waals surface area contributed by atoms with Crippen LogP contribution in [0.25, 0.3) is 11.1 Å². The lowest BCUT2D eigenvalue weighted by molar-refractivity contribution is 0.101. The molecule has 0 aliphatic carbocycles. The first-order valence-electron chi connectivity index (χ1n) is 12.4. The Morgan fingerprint density at radius 3 is 2.65 bits per heavy atom. The number of hydrogen-bond acceptors (Lipinski definition) is 4. The number of aliphatic hydroxyl groups excluding tert-OH is 1. The van der Waals surface area contributed by atoms with Crippen molar-refractivity contribution in [1.29, 1.82) is 0 Å². The van der Waals surface area contributed by atoms with Gasteiger partial charge in [0, 0.05) is 23.6 Å². The third-order valence-electron chi connectivity index (χ3n) is 6.76. The molecule has 2 N–H and O–H groups in total. The van der Waals surface area contributed by atoms with Gasteiger partial charge in [0.25, 0.3) is 12.3 Å². The summed E-state index contributed by atoms with van der Waals surface area (Å²) in [6, 6.07) is 15.8. The number of aromatic nitrogens is 4. The predicted octanol–water partition coefficient (Wildman–Crippen LogP) is 5.80. The Morgan fingerprint density at radius 2 is 1.92 bits per heavy atom. The molecule has 0 spiro atoms. The number of aryl methyl sites for hydroxylation is 1. The number of carbonyl (C=O) groups excluding carboxylic acids is 1. The van der Waals surface area contributed by atoms with E-state index in [1.165, 1.54) is 4.68 Å². The minimum Gasteiger partial charge on any atom is -0.391 e. The maximum Gasteiger partial charge on any atom is 0.282 e. The van der Waals surface area contributed by atoms with E-state index in [0.29, 0.717) is 12.1 Å². The molecule has 2 aromatic heterocycles. The number of nitrogens with zero attached hydrogens (tertiary/aromatic N) is 4. The minimum atomic E-state index is -2.77. The first kappa shape index (κ1) is 24.8. The van der Waals surface area contributed by atoms with Crippen LogP contribution in [0.15, 0.2) is 67.1 Å². The second-order valence-corrected chi connectivity index (χ2v) is 9.61. The molecule has 3 heterocycles. The first-order chi connectivity index (χ1) is 17.8. The second-order valence-electron chi connectivity index (χ2n) is 9.61. The molecule has 7 nitrogen and oxygen atoms in total. The number of hydrogen-bond donors (Lipinski definition) is 2. The van der Waals surface area contributed by atoms with Crippen LogP contribution in [-0.4, -0.2) is 36.4 Å². The third-order valence-corrected chi connectivity index (χ3v) is 6.76. The second kappa shape index (κ2) is 10.3. The van der Waals surface area contributed by atoms with E-state index in [1.54, 1.807) is 26.2 Å². The van der Waals surface area contributed by atoms with E-state index in [4.69, 9.17) is 0 Å². The van der Waals surface area contributed by atoms with Crippen molar-refractivity contribution in [3.8, 4) is 11.1 Å². The van der Waals surface area contributed by atoms with Gasteiger partial charge < -0.3 is 15.0 Å². The molecule has 0 saturated carbocycles. The van der Waals surface area contributed by atoms with Crippen molar-refractivity contribution in [3.63, 3.8) is 0 Å². The fourth-order valence-electron chi connectivity index (χ4n) is 5.01. The Morgan fingerprint density at radius 1 is 1.14 bits per heavy atom. The number of carbonyl (C=O) groups is 1. The van der Waals surface area contributed by atoms with Crippen molar-refractivity contribution in [2.75, 3.05) is 5.32 Å². The van der Waals surface area contributed by atoms with Crippen LogP contribution >= 0.6 is 0 Å². The number of fused-ring (bicyclic) bond motifs is 1. The lowest BCUT2D eigenvalue weighted by atomic mass is 9.90. The van der Waals surface area contributed by atoms with Gasteiger partial charge in [-0.15, -0.1) is 0 Å². The minimum absolute atomic E-state index is 0.0675. The van der Waals surface area contributed by atoms with Gasteiger partial charge in [-0.2, -0.15) is 5.10 Å². The number of nitrogens with one attached hydrogen (secondary N) is 1. The van der Waals surface area contributed by atoms with E-state index in [9.17, 15) is 18.7 Å². The summed E-state index contributed by atoms with van der Waals surface area (Å²) in [7, 11) is 0. The van der Waals surface area contributed by atoms with Gasteiger partial charge in [-0.25, -0.2) is 13.8 Å². The summed E-state index contributed by atoms with van der Waals surface area (Å²) in [4.78, 5) is 17.5. The van der Waals surface area contributed by atoms with Crippen LogP contribution < -0.4 is 5.32 Å². The molecule has 192 valence electrons. The van der Waals surface area contributed by atoms with E-state index in [0.717, 1.165) is 41.3 Å². The topological polar surface area (TPSA) is 85.0 Å². The summed E-state index contributed by atoms with van der Waals surface area (Å²) >= 11 is 0. The third kappa shape index (κ3) is 4.91. The van der Waals surface area contributed by atoms with E-state index >= 15 is 0 Å². The molecule has 1 aliphatic rings. The Balaban J connectivity index is 1.56. The lowest BCUT2D eigenvalue weighted by Crippen LogP contribution is -2.25. The van der Waals surface area contributed by atoms with Crippen LogP contribution in [0.3, 0.4) is 0 Å². The van der Waals surface area contributed by atoms with Gasteiger partial charge in [0.2, 0.25) is 0 Å². The standard InChI is InChI=1S/C28H29F2N5O2/c1-17(2)35-24(14-23(33-35)27(29)30)28(37)32-19-11-12-21(22(13-19)18-7-4-3-5-8-18)26-25(36)10-6-9-20-15-31-16-34(20)26/h3-5,7-8,11-17,25-27,36H,6,9-10H2,1-2H3,(H,32,37)/t25-,26-/m1/s1. The molecule has 9 heteroatoms. The SMILES string of the molecule is CC(C)n1nc(C(F)F)cc1C(=O)Nc1ccc([C@@H]2[C@H](O)CCCc3cncn32)c(-c2ccccc2)c1. The molecule has 0 saturated heterocycles. The van der Waals surface area contributed by atoms with Crippen LogP contribution in [0, 0.1) is 0 Å². The molecule has 0 fully saturated rings. The van der Waals surface area contributed by atoms with Crippen molar-refractivity contribution in [2.45, 2.75) is 57.7 Å². The van der Waals surface area contributed by atoms with Crippen LogP contribution in [0.2, 0.25) is 0 Å². The van der Waals surface area contributed by atoms with Crippen LogP contribution in [0.4, 0.5) is 14.5 Å².